The summed E-state index contributed by atoms with van der Waals surface area (Å²) in [6.45, 7) is 1.16. The van der Waals surface area contributed by atoms with Crippen LogP contribution in [0.4, 0.5) is 0 Å². The van der Waals surface area contributed by atoms with Gasteiger partial charge in [0.25, 0.3) is 5.91 Å². The first-order valence-electron chi connectivity index (χ1n) is 5.52. The second-order valence-electron chi connectivity index (χ2n) is 4.04. The van der Waals surface area contributed by atoms with Crippen LogP contribution < -0.4 is 5.32 Å². The largest absolute Gasteiger partial charge is 0.353 e. The number of nitrogens with zero attached hydrogens (tertiary/aromatic N) is 3. The molecule has 18 heavy (non-hydrogen) atoms. The number of aromatic nitrogens is 2. The van der Waals surface area contributed by atoms with Gasteiger partial charge in [-0.3, -0.25) is 9.59 Å². The van der Waals surface area contributed by atoms with Gasteiger partial charge < -0.3 is 10.2 Å². The number of piperazine rings is 1. The Morgan fingerprint density at radius 3 is 3.00 bits per heavy atom. The Hall–Kier alpha value is -2.02. The molecule has 0 spiro atoms. The van der Waals surface area contributed by atoms with Crippen molar-refractivity contribution in [1.29, 1.82) is 0 Å². The predicted octanol–water partition coefficient (Wildman–Crippen LogP) is 0.263. The average Bonchev–Trinajstić information content (AvgIpc) is 2.85. The lowest BCUT2D eigenvalue weighted by Gasteiger charge is -2.26. The molecule has 1 saturated heterocycles. The van der Waals surface area contributed by atoms with Crippen LogP contribution in [0.5, 0.6) is 0 Å². The van der Waals surface area contributed by atoms with Crippen molar-refractivity contribution in [2.24, 2.45) is 0 Å². The molecule has 0 unspecified atom stereocenters. The molecule has 0 saturated carbocycles. The van der Waals surface area contributed by atoms with Crippen LogP contribution in [0.25, 0.3) is 11.0 Å². The maximum absolute atomic E-state index is 12.2. The third kappa shape index (κ3) is 1.92. The quantitative estimate of drug-likeness (QED) is 0.800. The third-order valence-electron chi connectivity index (χ3n) is 2.83. The number of carbonyl (C=O) groups is 2. The molecular weight excluding hydrogens is 252 g/mol. The zero-order chi connectivity index (χ0) is 12.5. The highest BCUT2D eigenvalue weighted by Crippen LogP contribution is 2.15. The van der Waals surface area contributed by atoms with Crippen molar-refractivity contribution in [3.63, 3.8) is 0 Å². The van der Waals surface area contributed by atoms with E-state index in [4.69, 9.17) is 0 Å². The molecule has 6 nitrogen and oxygen atoms in total. The first kappa shape index (κ1) is 11.1. The van der Waals surface area contributed by atoms with Crippen LogP contribution in [-0.4, -0.2) is 45.1 Å². The number of benzene rings is 1. The Bertz CT molecular complexity index is 624. The summed E-state index contributed by atoms with van der Waals surface area (Å²) in [5, 5.41) is 2.69. The highest BCUT2D eigenvalue weighted by molar-refractivity contribution is 7.00. The molecule has 1 aliphatic heterocycles. The Balaban J connectivity index is 1.88. The molecule has 0 aliphatic carbocycles. The van der Waals surface area contributed by atoms with E-state index < -0.39 is 0 Å². The minimum atomic E-state index is -0.139. The van der Waals surface area contributed by atoms with E-state index in [0.29, 0.717) is 24.2 Å². The van der Waals surface area contributed by atoms with Crippen molar-refractivity contribution < 1.29 is 9.59 Å². The van der Waals surface area contributed by atoms with Crippen LogP contribution in [0.3, 0.4) is 0 Å². The number of carbonyl (C=O) groups excluding carboxylic acids is 2. The van der Waals surface area contributed by atoms with Crippen molar-refractivity contribution in [2.45, 2.75) is 0 Å². The molecule has 1 fully saturated rings. The van der Waals surface area contributed by atoms with E-state index in [2.05, 4.69) is 14.1 Å². The number of fused-ring (bicyclic) bond motifs is 1. The Morgan fingerprint density at radius 1 is 1.33 bits per heavy atom. The minimum Gasteiger partial charge on any atom is -0.353 e. The summed E-state index contributed by atoms with van der Waals surface area (Å²) in [7, 11) is 0. The molecule has 7 heteroatoms. The summed E-state index contributed by atoms with van der Waals surface area (Å²) in [5.41, 5.74) is 2.05. The molecule has 1 aromatic heterocycles. The third-order valence-corrected chi connectivity index (χ3v) is 3.38. The van der Waals surface area contributed by atoms with Crippen LogP contribution >= 0.6 is 11.7 Å². The van der Waals surface area contributed by atoms with Crippen LogP contribution in [0.15, 0.2) is 18.2 Å². The molecule has 0 atom stereocenters. The van der Waals surface area contributed by atoms with Gasteiger partial charge in [-0.05, 0) is 18.2 Å². The molecule has 1 N–H and O–H groups in total. The van der Waals surface area contributed by atoms with Gasteiger partial charge in [0.2, 0.25) is 5.91 Å². The molecule has 0 radical (unpaired) electrons. The number of rotatable bonds is 1. The van der Waals surface area contributed by atoms with Gasteiger partial charge in [0.05, 0.1) is 18.3 Å². The van der Waals surface area contributed by atoms with Crippen LogP contribution in [0, 0.1) is 0 Å². The number of hydrogen-bond donors (Lipinski definition) is 1. The smallest absolute Gasteiger partial charge is 0.254 e. The first-order valence-corrected chi connectivity index (χ1v) is 6.25. The van der Waals surface area contributed by atoms with Gasteiger partial charge in [0.1, 0.15) is 11.0 Å². The molecule has 1 aromatic carbocycles. The van der Waals surface area contributed by atoms with Gasteiger partial charge in [-0.25, -0.2) is 0 Å². The van der Waals surface area contributed by atoms with Crippen LogP contribution in [-0.2, 0) is 4.79 Å². The van der Waals surface area contributed by atoms with E-state index >= 15 is 0 Å². The van der Waals surface area contributed by atoms with Gasteiger partial charge in [0.15, 0.2) is 0 Å². The first-order chi connectivity index (χ1) is 8.74. The van der Waals surface area contributed by atoms with Gasteiger partial charge in [0, 0.05) is 18.7 Å². The zero-order valence-electron chi connectivity index (χ0n) is 9.42. The number of amides is 2. The fourth-order valence-corrected chi connectivity index (χ4v) is 2.43. The standard InChI is InChI=1S/C11H10N4O2S/c16-10-6-15(4-3-12-10)11(17)7-1-2-8-9(5-7)14-18-13-8/h1-2,5H,3-4,6H2,(H,12,16). The molecule has 92 valence electrons. The summed E-state index contributed by atoms with van der Waals surface area (Å²) in [6.07, 6.45) is 0. The van der Waals surface area contributed by atoms with Gasteiger partial charge >= 0.3 is 0 Å². The van der Waals surface area contributed by atoms with Crippen LogP contribution in [0.2, 0.25) is 0 Å². The minimum absolute atomic E-state index is 0.117. The van der Waals surface area contributed by atoms with Crippen molar-refractivity contribution in [3.05, 3.63) is 23.8 Å². The number of nitrogens with one attached hydrogen (secondary N) is 1. The normalized spacial score (nSPS) is 15.8. The lowest BCUT2D eigenvalue weighted by molar-refractivity contribution is -0.123. The lowest BCUT2D eigenvalue weighted by Crippen LogP contribution is -2.49. The van der Waals surface area contributed by atoms with Gasteiger partial charge in [-0.1, -0.05) is 0 Å². The summed E-state index contributed by atoms with van der Waals surface area (Å²) in [6, 6.07) is 5.21. The average molecular weight is 262 g/mol. The van der Waals surface area contributed by atoms with Crippen LogP contribution in [0.1, 0.15) is 10.4 Å². The maximum atomic E-state index is 12.2. The van der Waals surface area contributed by atoms with E-state index in [0.717, 1.165) is 17.2 Å². The van der Waals surface area contributed by atoms with Gasteiger partial charge in [-0.2, -0.15) is 8.75 Å². The fraction of sp³-hybridized carbons (Fsp3) is 0.273. The molecule has 2 aromatic rings. The lowest BCUT2D eigenvalue weighted by atomic mass is 10.1. The fourth-order valence-electron chi connectivity index (χ4n) is 1.91. The maximum Gasteiger partial charge on any atom is 0.254 e. The summed E-state index contributed by atoms with van der Waals surface area (Å²) in [4.78, 5) is 25.0. The second kappa shape index (κ2) is 4.34. The topological polar surface area (TPSA) is 75.2 Å². The SMILES string of the molecule is O=C1CN(C(=O)c2ccc3nsnc3c2)CCN1. The monoisotopic (exact) mass is 262 g/mol. The highest BCUT2D eigenvalue weighted by Gasteiger charge is 2.22. The Morgan fingerprint density at radius 2 is 2.17 bits per heavy atom. The van der Waals surface area contributed by atoms with E-state index in [-0.39, 0.29) is 18.4 Å². The summed E-state index contributed by atoms with van der Waals surface area (Å²) in [5.74, 6) is -0.259. The van der Waals surface area contributed by atoms with E-state index in [9.17, 15) is 9.59 Å². The molecule has 0 bridgehead atoms. The summed E-state index contributed by atoms with van der Waals surface area (Å²) >= 11 is 1.12. The number of hydrogen-bond acceptors (Lipinski definition) is 5. The highest BCUT2D eigenvalue weighted by atomic mass is 32.1. The predicted molar refractivity (Wildman–Crippen MR) is 66.3 cm³/mol. The van der Waals surface area contributed by atoms with Crippen molar-refractivity contribution in [1.82, 2.24) is 19.0 Å². The molecule has 2 heterocycles. The van der Waals surface area contributed by atoms with Crippen molar-refractivity contribution in [2.75, 3.05) is 19.6 Å². The summed E-state index contributed by atoms with van der Waals surface area (Å²) < 4.78 is 8.19. The van der Waals surface area contributed by atoms with E-state index in [1.807, 2.05) is 0 Å². The molecular formula is C11H10N4O2S. The van der Waals surface area contributed by atoms with E-state index in [1.54, 1.807) is 23.1 Å². The van der Waals surface area contributed by atoms with Crippen molar-refractivity contribution in [3.8, 4) is 0 Å². The zero-order valence-corrected chi connectivity index (χ0v) is 10.2. The molecule has 3 rings (SSSR count). The Labute approximate surface area is 107 Å². The second-order valence-corrected chi connectivity index (χ2v) is 4.57. The van der Waals surface area contributed by atoms with E-state index in [1.165, 1.54) is 0 Å². The van der Waals surface area contributed by atoms with Crippen molar-refractivity contribution >= 4 is 34.6 Å². The molecule has 2 amide bonds. The van der Waals surface area contributed by atoms with Gasteiger partial charge in [-0.15, -0.1) is 0 Å². The Kier molecular flexibility index (Phi) is 2.67. The molecule has 1 aliphatic rings.